The number of rotatable bonds is 3. The summed E-state index contributed by atoms with van der Waals surface area (Å²) in [5.41, 5.74) is 2.64. The third-order valence-electron chi connectivity index (χ3n) is 3.06. The van der Waals surface area contributed by atoms with Crippen LogP contribution in [0.2, 0.25) is 0 Å². The van der Waals surface area contributed by atoms with Gasteiger partial charge in [0.25, 0.3) is 0 Å². The van der Waals surface area contributed by atoms with Gasteiger partial charge in [-0.05, 0) is 32.6 Å². The van der Waals surface area contributed by atoms with Crippen molar-refractivity contribution < 1.29 is 0 Å². The van der Waals surface area contributed by atoms with Crippen LogP contribution in [0.4, 0.5) is 5.82 Å². The largest absolute Gasteiger partial charge is 0.370 e. The molecule has 0 unspecified atom stereocenters. The van der Waals surface area contributed by atoms with Gasteiger partial charge in [0.1, 0.15) is 11.6 Å². The first-order chi connectivity index (χ1) is 7.72. The zero-order chi connectivity index (χ0) is 11.5. The highest BCUT2D eigenvalue weighted by atomic mass is 15.0. The lowest BCUT2D eigenvalue weighted by Crippen LogP contribution is -2.15. The first-order valence-electron chi connectivity index (χ1n) is 6.36. The SMILES string of the molecule is CCNc1nc(C(C)C)nc2c1CCCC2. The van der Waals surface area contributed by atoms with E-state index < -0.39 is 0 Å². The maximum atomic E-state index is 4.70. The van der Waals surface area contributed by atoms with E-state index in [0.29, 0.717) is 5.92 Å². The van der Waals surface area contributed by atoms with E-state index in [1.54, 1.807) is 0 Å². The summed E-state index contributed by atoms with van der Waals surface area (Å²) >= 11 is 0. The summed E-state index contributed by atoms with van der Waals surface area (Å²) in [7, 11) is 0. The number of aryl methyl sites for hydroxylation is 1. The van der Waals surface area contributed by atoms with Crippen molar-refractivity contribution in [3.05, 3.63) is 17.1 Å². The summed E-state index contributed by atoms with van der Waals surface area (Å²) in [5.74, 6) is 2.47. The highest BCUT2D eigenvalue weighted by molar-refractivity contribution is 5.48. The van der Waals surface area contributed by atoms with E-state index in [2.05, 4.69) is 31.1 Å². The Kier molecular flexibility index (Phi) is 3.42. The van der Waals surface area contributed by atoms with E-state index in [0.717, 1.165) is 31.0 Å². The Labute approximate surface area is 97.7 Å². The molecule has 0 saturated carbocycles. The van der Waals surface area contributed by atoms with Gasteiger partial charge in [0, 0.05) is 23.7 Å². The number of nitrogens with one attached hydrogen (secondary N) is 1. The minimum Gasteiger partial charge on any atom is -0.370 e. The highest BCUT2D eigenvalue weighted by Gasteiger charge is 2.18. The van der Waals surface area contributed by atoms with Crippen LogP contribution in [0.25, 0.3) is 0 Å². The second-order valence-electron chi connectivity index (χ2n) is 4.75. The van der Waals surface area contributed by atoms with Crippen molar-refractivity contribution in [3.8, 4) is 0 Å². The molecule has 1 heterocycles. The highest BCUT2D eigenvalue weighted by Crippen LogP contribution is 2.26. The molecule has 1 aromatic heterocycles. The summed E-state index contributed by atoms with van der Waals surface area (Å²) in [4.78, 5) is 9.36. The van der Waals surface area contributed by atoms with Gasteiger partial charge < -0.3 is 5.32 Å². The summed E-state index contributed by atoms with van der Waals surface area (Å²) in [6.45, 7) is 7.36. The molecule has 1 aliphatic carbocycles. The number of fused-ring (bicyclic) bond motifs is 1. The van der Waals surface area contributed by atoms with Crippen LogP contribution in [-0.2, 0) is 12.8 Å². The van der Waals surface area contributed by atoms with Gasteiger partial charge in [-0.25, -0.2) is 9.97 Å². The number of anilines is 1. The predicted molar refractivity (Wildman–Crippen MR) is 66.9 cm³/mol. The quantitative estimate of drug-likeness (QED) is 0.849. The molecule has 3 nitrogen and oxygen atoms in total. The van der Waals surface area contributed by atoms with Crippen LogP contribution < -0.4 is 5.32 Å². The van der Waals surface area contributed by atoms with Crippen molar-refractivity contribution in [1.29, 1.82) is 0 Å². The Bertz CT molecular complexity index is 372. The van der Waals surface area contributed by atoms with Crippen molar-refractivity contribution in [2.75, 3.05) is 11.9 Å². The molecule has 2 rings (SSSR count). The van der Waals surface area contributed by atoms with Crippen LogP contribution in [0.3, 0.4) is 0 Å². The fourth-order valence-corrected chi connectivity index (χ4v) is 2.19. The monoisotopic (exact) mass is 219 g/mol. The van der Waals surface area contributed by atoms with Gasteiger partial charge in [0.15, 0.2) is 0 Å². The maximum absolute atomic E-state index is 4.70. The van der Waals surface area contributed by atoms with E-state index in [4.69, 9.17) is 4.98 Å². The van der Waals surface area contributed by atoms with Gasteiger partial charge in [-0.15, -0.1) is 0 Å². The van der Waals surface area contributed by atoms with Crippen LogP contribution in [0, 0.1) is 0 Å². The molecule has 3 heteroatoms. The predicted octanol–water partition coefficient (Wildman–Crippen LogP) is 2.91. The summed E-state index contributed by atoms with van der Waals surface area (Å²) in [5, 5.41) is 3.38. The molecule has 0 amide bonds. The minimum atomic E-state index is 0.407. The lowest BCUT2D eigenvalue weighted by Gasteiger charge is -2.20. The summed E-state index contributed by atoms with van der Waals surface area (Å²) in [6.07, 6.45) is 4.80. The van der Waals surface area contributed by atoms with Crippen LogP contribution in [0.5, 0.6) is 0 Å². The number of aromatic nitrogens is 2. The molecule has 0 saturated heterocycles. The van der Waals surface area contributed by atoms with Gasteiger partial charge in [-0.2, -0.15) is 0 Å². The second kappa shape index (κ2) is 4.81. The molecule has 0 radical (unpaired) electrons. The molecule has 1 aliphatic rings. The molecule has 1 aromatic rings. The van der Waals surface area contributed by atoms with E-state index in [9.17, 15) is 0 Å². The van der Waals surface area contributed by atoms with Crippen LogP contribution >= 0.6 is 0 Å². The average Bonchev–Trinajstić information content (AvgIpc) is 2.29. The Morgan fingerprint density at radius 1 is 1.19 bits per heavy atom. The maximum Gasteiger partial charge on any atom is 0.133 e. The zero-order valence-electron chi connectivity index (χ0n) is 10.5. The smallest absolute Gasteiger partial charge is 0.133 e. The molecule has 0 spiro atoms. The molecule has 0 fully saturated rings. The van der Waals surface area contributed by atoms with E-state index in [1.807, 2.05) is 0 Å². The van der Waals surface area contributed by atoms with E-state index in [-0.39, 0.29) is 0 Å². The first-order valence-corrected chi connectivity index (χ1v) is 6.36. The molecular weight excluding hydrogens is 198 g/mol. The van der Waals surface area contributed by atoms with Crippen molar-refractivity contribution in [2.45, 2.75) is 52.4 Å². The van der Waals surface area contributed by atoms with Gasteiger partial charge in [-0.1, -0.05) is 13.8 Å². The van der Waals surface area contributed by atoms with Gasteiger partial charge in [0.05, 0.1) is 0 Å². The molecule has 1 N–H and O–H groups in total. The average molecular weight is 219 g/mol. The van der Waals surface area contributed by atoms with Crippen molar-refractivity contribution in [2.24, 2.45) is 0 Å². The molecular formula is C13H21N3. The van der Waals surface area contributed by atoms with Crippen LogP contribution in [0.15, 0.2) is 0 Å². The zero-order valence-corrected chi connectivity index (χ0v) is 10.5. The third-order valence-corrected chi connectivity index (χ3v) is 3.06. The fraction of sp³-hybridized carbons (Fsp3) is 0.692. The van der Waals surface area contributed by atoms with Crippen LogP contribution in [0.1, 0.15) is 56.6 Å². The molecule has 0 aromatic carbocycles. The Hall–Kier alpha value is -1.12. The summed E-state index contributed by atoms with van der Waals surface area (Å²) in [6, 6.07) is 0. The van der Waals surface area contributed by atoms with E-state index >= 15 is 0 Å². The normalized spacial score (nSPS) is 15.0. The molecule has 88 valence electrons. The van der Waals surface area contributed by atoms with Gasteiger partial charge >= 0.3 is 0 Å². The third kappa shape index (κ3) is 2.18. The second-order valence-corrected chi connectivity index (χ2v) is 4.75. The van der Waals surface area contributed by atoms with Gasteiger partial charge in [0.2, 0.25) is 0 Å². The van der Waals surface area contributed by atoms with Crippen molar-refractivity contribution in [1.82, 2.24) is 9.97 Å². The molecule has 0 aliphatic heterocycles. The standard InChI is InChI=1S/C13H21N3/c1-4-14-13-10-7-5-6-8-11(10)15-12(16-13)9(2)3/h9H,4-8H2,1-3H3,(H,14,15,16). The van der Waals surface area contributed by atoms with Crippen LogP contribution in [-0.4, -0.2) is 16.5 Å². The Morgan fingerprint density at radius 2 is 1.94 bits per heavy atom. The Balaban J connectivity index is 2.43. The lowest BCUT2D eigenvalue weighted by atomic mass is 9.96. The fourth-order valence-electron chi connectivity index (χ4n) is 2.19. The topological polar surface area (TPSA) is 37.8 Å². The van der Waals surface area contributed by atoms with E-state index in [1.165, 1.54) is 24.1 Å². The molecule has 0 bridgehead atoms. The molecule has 0 atom stereocenters. The first kappa shape index (κ1) is 11.4. The van der Waals surface area contributed by atoms with Crippen molar-refractivity contribution in [3.63, 3.8) is 0 Å². The van der Waals surface area contributed by atoms with Gasteiger partial charge in [-0.3, -0.25) is 0 Å². The lowest BCUT2D eigenvalue weighted by molar-refractivity contribution is 0.645. The Morgan fingerprint density at radius 3 is 2.62 bits per heavy atom. The number of nitrogens with zero attached hydrogens (tertiary/aromatic N) is 2. The number of hydrogen-bond acceptors (Lipinski definition) is 3. The summed E-state index contributed by atoms with van der Waals surface area (Å²) < 4.78 is 0. The number of hydrogen-bond donors (Lipinski definition) is 1. The molecule has 16 heavy (non-hydrogen) atoms. The minimum absolute atomic E-state index is 0.407. The van der Waals surface area contributed by atoms with Crippen molar-refractivity contribution >= 4 is 5.82 Å².